The zero-order valence-corrected chi connectivity index (χ0v) is 17.5. The number of hydrogen-bond acceptors (Lipinski definition) is 7. The first-order chi connectivity index (χ1) is 12.7. The summed E-state index contributed by atoms with van der Waals surface area (Å²) < 4.78 is 36.1. The van der Waals surface area contributed by atoms with Crippen LogP contribution in [0.2, 0.25) is 0 Å². The summed E-state index contributed by atoms with van der Waals surface area (Å²) in [6.45, 7) is 7.90. The molecule has 0 bridgehead atoms. The van der Waals surface area contributed by atoms with Crippen molar-refractivity contribution in [3.8, 4) is 0 Å². The molecule has 27 heavy (non-hydrogen) atoms. The van der Waals surface area contributed by atoms with Crippen LogP contribution in [0.15, 0.2) is 35.3 Å². The summed E-state index contributed by atoms with van der Waals surface area (Å²) in [6.07, 6.45) is -2.06. The molecule has 1 aromatic carbocycles. The van der Waals surface area contributed by atoms with Crippen LogP contribution in [-0.2, 0) is 28.4 Å². The van der Waals surface area contributed by atoms with Gasteiger partial charge in [0.05, 0.1) is 0 Å². The van der Waals surface area contributed by atoms with Crippen LogP contribution < -0.4 is 0 Å². The second-order valence-electron chi connectivity index (χ2n) is 7.73. The maximum atomic E-state index is 6.13. The fourth-order valence-corrected chi connectivity index (χ4v) is 3.99. The van der Waals surface area contributed by atoms with Crippen molar-refractivity contribution >= 4 is 26.5 Å². The third-order valence-corrected chi connectivity index (χ3v) is 5.03. The molecule has 5 atom stereocenters. The molecule has 3 aliphatic rings. The van der Waals surface area contributed by atoms with Crippen molar-refractivity contribution in [2.75, 3.05) is 6.61 Å². The number of ether oxygens (including phenoxy) is 6. The number of benzene rings is 1. The van der Waals surface area contributed by atoms with E-state index >= 15 is 0 Å². The maximum absolute atomic E-state index is 6.13. The molecule has 8 heteroatoms. The standard InChI is InChI=1S/C19H24NO6Se/c1-18(2)21-10-12-13(24-18)14-15(26-19(3,4)25-14)16(22-12)23-17(27)20-11-8-6-5-7-9-11/h5-9,12-16H,10H2,1-4H3/t12-,13-,14+,15-,16-/m1/s1. The van der Waals surface area contributed by atoms with Gasteiger partial charge in [0, 0.05) is 0 Å². The van der Waals surface area contributed by atoms with Crippen molar-refractivity contribution in [1.82, 2.24) is 0 Å². The van der Waals surface area contributed by atoms with Gasteiger partial charge in [-0.1, -0.05) is 0 Å². The molecule has 1 radical (unpaired) electrons. The Morgan fingerprint density at radius 1 is 1.00 bits per heavy atom. The first-order valence-electron chi connectivity index (χ1n) is 9.03. The van der Waals surface area contributed by atoms with Gasteiger partial charge in [-0.15, -0.1) is 0 Å². The van der Waals surface area contributed by atoms with Crippen LogP contribution in [0, 0.1) is 0 Å². The summed E-state index contributed by atoms with van der Waals surface area (Å²) in [5, 5.41) is 0. The molecule has 1 aromatic rings. The minimum absolute atomic E-state index is 0.296. The van der Waals surface area contributed by atoms with Gasteiger partial charge in [-0.3, -0.25) is 0 Å². The zero-order chi connectivity index (χ0) is 19.2. The van der Waals surface area contributed by atoms with Crippen molar-refractivity contribution in [1.29, 1.82) is 0 Å². The van der Waals surface area contributed by atoms with E-state index in [1.807, 2.05) is 58.0 Å². The van der Waals surface area contributed by atoms with Gasteiger partial charge in [0.15, 0.2) is 0 Å². The van der Waals surface area contributed by atoms with Gasteiger partial charge in [0.25, 0.3) is 0 Å². The van der Waals surface area contributed by atoms with Crippen LogP contribution in [0.3, 0.4) is 0 Å². The van der Waals surface area contributed by atoms with E-state index in [2.05, 4.69) is 21.0 Å². The quantitative estimate of drug-likeness (QED) is 0.399. The van der Waals surface area contributed by atoms with E-state index in [0.29, 0.717) is 11.4 Å². The van der Waals surface area contributed by atoms with Crippen molar-refractivity contribution in [3.63, 3.8) is 0 Å². The van der Waals surface area contributed by atoms with Crippen molar-refractivity contribution in [2.45, 2.75) is 70.0 Å². The summed E-state index contributed by atoms with van der Waals surface area (Å²) in [6, 6.07) is 9.55. The minimum atomic E-state index is -0.755. The van der Waals surface area contributed by atoms with E-state index in [0.717, 1.165) is 5.69 Å². The van der Waals surface area contributed by atoms with Gasteiger partial charge >= 0.3 is 167 Å². The van der Waals surface area contributed by atoms with E-state index in [1.54, 1.807) is 0 Å². The summed E-state index contributed by atoms with van der Waals surface area (Å²) in [4.78, 5) is 4.80. The summed E-state index contributed by atoms with van der Waals surface area (Å²) >= 11 is 2.85. The molecule has 0 spiro atoms. The Balaban J connectivity index is 1.54. The van der Waals surface area contributed by atoms with Crippen LogP contribution in [0.25, 0.3) is 0 Å². The molecule has 0 saturated carbocycles. The van der Waals surface area contributed by atoms with E-state index in [4.69, 9.17) is 28.4 Å². The summed E-state index contributed by atoms with van der Waals surface area (Å²) in [5.41, 5.74) is 0.784. The Morgan fingerprint density at radius 3 is 2.41 bits per heavy atom. The first kappa shape index (κ1) is 19.3. The number of aliphatic imine (C=N–C) groups is 1. The van der Waals surface area contributed by atoms with Gasteiger partial charge in [0.2, 0.25) is 0 Å². The molecule has 0 unspecified atom stereocenters. The van der Waals surface area contributed by atoms with Gasteiger partial charge in [0.1, 0.15) is 0 Å². The predicted molar refractivity (Wildman–Crippen MR) is 97.8 cm³/mol. The first-order valence-corrected chi connectivity index (χ1v) is 9.88. The Labute approximate surface area is 167 Å². The molecule has 3 fully saturated rings. The fourth-order valence-electron chi connectivity index (χ4n) is 3.57. The Hall–Kier alpha value is -0.991. The molecular formula is C19H24NO6Se. The molecule has 3 saturated heterocycles. The average molecular weight is 441 g/mol. The van der Waals surface area contributed by atoms with Crippen LogP contribution in [0.1, 0.15) is 27.7 Å². The Morgan fingerprint density at radius 2 is 1.67 bits per heavy atom. The normalized spacial score (nSPS) is 37.3. The van der Waals surface area contributed by atoms with Crippen molar-refractivity contribution in [3.05, 3.63) is 30.3 Å². The number of nitrogens with zero attached hydrogens (tertiary/aromatic N) is 1. The number of para-hydroxylation sites is 1. The Bertz CT molecular complexity index is 709. The number of rotatable bonds is 2. The zero-order valence-electron chi connectivity index (χ0n) is 15.8. The fraction of sp³-hybridized carbons (Fsp3) is 0.632. The van der Waals surface area contributed by atoms with E-state index in [1.165, 1.54) is 0 Å². The molecule has 0 amide bonds. The second-order valence-corrected chi connectivity index (χ2v) is 8.46. The van der Waals surface area contributed by atoms with E-state index in [-0.39, 0.29) is 18.3 Å². The van der Waals surface area contributed by atoms with Crippen LogP contribution in [0.5, 0.6) is 0 Å². The van der Waals surface area contributed by atoms with Crippen LogP contribution in [-0.4, -0.2) is 69.7 Å². The van der Waals surface area contributed by atoms with Crippen LogP contribution in [0.4, 0.5) is 5.69 Å². The van der Waals surface area contributed by atoms with Gasteiger partial charge in [-0.25, -0.2) is 0 Å². The molecule has 0 aromatic heterocycles. The van der Waals surface area contributed by atoms with E-state index in [9.17, 15) is 0 Å². The van der Waals surface area contributed by atoms with Crippen LogP contribution >= 0.6 is 0 Å². The third kappa shape index (κ3) is 4.22. The average Bonchev–Trinajstić information content (AvgIpc) is 2.92. The van der Waals surface area contributed by atoms with Crippen molar-refractivity contribution in [2.24, 2.45) is 4.99 Å². The molecule has 3 aliphatic heterocycles. The number of fused-ring (bicyclic) bond motifs is 3. The molecule has 0 aliphatic carbocycles. The van der Waals surface area contributed by atoms with Crippen molar-refractivity contribution < 1.29 is 28.4 Å². The second kappa shape index (κ2) is 7.12. The number of hydrogen-bond donors (Lipinski definition) is 0. The molecular weight excluding hydrogens is 417 g/mol. The topological polar surface area (TPSA) is 67.7 Å². The molecule has 147 valence electrons. The molecule has 0 N–H and O–H groups in total. The van der Waals surface area contributed by atoms with E-state index < -0.39 is 24.0 Å². The third-order valence-electron chi connectivity index (χ3n) is 4.64. The summed E-state index contributed by atoms with van der Waals surface area (Å²) in [7, 11) is 0. The van der Waals surface area contributed by atoms with Gasteiger partial charge < -0.3 is 0 Å². The molecule has 7 nitrogen and oxygen atoms in total. The SMILES string of the molecule is CC1(C)O[C@@H]2[C@@H](O1)[C@@H](OC([Se])=Nc1ccccc1)O[C@@H]1COC(C)(C)O[C@@H]21. The monoisotopic (exact) mass is 442 g/mol. The van der Waals surface area contributed by atoms with Gasteiger partial charge in [-0.2, -0.15) is 0 Å². The Kier molecular flexibility index (Phi) is 5.10. The molecule has 4 rings (SSSR count). The summed E-state index contributed by atoms with van der Waals surface area (Å²) in [5.74, 6) is -1.45. The predicted octanol–water partition coefficient (Wildman–Crippen LogP) is 2.26. The molecule has 3 heterocycles. The van der Waals surface area contributed by atoms with Gasteiger partial charge in [-0.05, 0) is 0 Å².